The molecule has 0 radical (unpaired) electrons. The first kappa shape index (κ1) is 22.1. The summed E-state index contributed by atoms with van der Waals surface area (Å²) in [4.78, 5) is 11.4. The van der Waals surface area contributed by atoms with Gasteiger partial charge in [0, 0.05) is 17.1 Å². The van der Waals surface area contributed by atoms with Crippen molar-refractivity contribution in [2.45, 2.75) is 57.9 Å². The molecule has 2 aromatic carbocycles. The zero-order valence-electron chi connectivity index (χ0n) is 16.3. The lowest BCUT2D eigenvalue weighted by atomic mass is 9.83. The average Bonchev–Trinajstić information content (AvgIpc) is 2.61. The third-order valence-electron chi connectivity index (χ3n) is 4.73. The number of nitrogens with one attached hydrogen (secondary N) is 1. The van der Waals surface area contributed by atoms with Crippen molar-refractivity contribution in [2.75, 3.05) is 0 Å². The molecule has 3 rings (SSSR count). The number of nitro benzene ring substituents is 1. The number of hydrogen-bond donors (Lipinski definition) is 2. The largest absolute Gasteiger partial charge is 0.482 e. The highest BCUT2D eigenvalue weighted by molar-refractivity contribution is 5.85. The number of ether oxygens (including phenoxy) is 1. The molecule has 7 heteroatoms. The molecule has 0 heterocycles. The zero-order chi connectivity index (χ0) is 19.6. The molecule has 2 atom stereocenters. The van der Waals surface area contributed by atoms with Gasteiger partial charge in [0.1, 0.15) is 6.61 Å². The highest BCUT2D eigenvalue weighted by Crippen LogP contribution is 2.41. The molecular weight excluding hydrogens is 380 g/mol. The van der Waals surface area contributed by atoms with Crippen molar-refractivity contribution < 1.29 is 14.8 Å². The molecule has 152 valence electrons. The Bertz CT molecular complexity index is 821. The highest BCUT2D eigenvalue weighted by atomic mass is 35.5. The summed E-state index contributed by atoms with van der Waals surface area (Å²) in [6, 6.07) is 12.8. The summed E-state index contributed by atoms with van der Waals surface area (Å²) in [7, 11) is 0. The van der Waals surface area contributed by atoms with Crippen LogP contribution in [0.15, 0.2) is 42.5 Å². The van der Waals surface area contributed by atoms with Crippen LogP contribution in [0.1, 0.15) is 50.0 Å². The Balaban J connectivity index is 0.00000280. The topological polar surface area (TPSA) is 84.6 Å². The van der Waals surface area contributed by atoms with Crippen LogP contribution in [0.2, 0.25) is 0 Å². The van der Waals surface area contributed by atoms with Crippen molar-refractivity contribution in [2.24, 2.45) is 0 Å². The van der Waals surface area contributed by atoms with Gasteiger partial charge in [0.15, 0.2) is 5.75 Å². The van der Waals surface area contributed by atoms with E-state index < -0.39 is 11.0 Å². The van der Waals surface area contributed by atoms with Crippen LogP contribution >= 0.6 is 12.4 Å². The van der Waals surface area contributed by atoms with E-state index in [1.54, 1.807) is 12.1 Å². The highest BCUT2D eigenvalue weighted by Gasteiger charge is 2.36. The molecule has 0 aromatic heterocycles. The minimum atomic E-state index is -0.783. The number of aliphatic hydroxyl groups is 1. The van der Waals surface area contributed by atoms with Crippen molar-refractivity contribution >= 4 is 18.1 Å². The van der Waals surface area contributed by atoms with E-state index in [1.165, 1.54) is 0 Å². The molecule has 2 N–H and O–H groups in total. The van der Waals surface area contributed by atoms with Gasteiger partial charge in [-0.15, -0.1) is 12.4 Å². The number of halogens is 1. The predicted octanol–water partition coefficient (Wildman–Crippen LogP) is 4.33. The fourth-order valence-electron chi connectivity index (χ4n) is 3.60. The number of rotatable bonds is 5. The Kier molecular flexibility index (Phi) is 7.04. The van der Waals surface area contributed by atoms with Crippen LogP contribution in [0, 0.1) is 10.1 Å². The Morgan fingerprint density at radius 1 is 1.21 bits per heavy atom. The lowest BCUT2D eigenvalue weighted by Crippen LogP contribution is -2.48. The van der Waals surface area contributed by atoms with Gasteiger partial charge in [0.2, 0.25) is 0 Å². The Morgan fingerprint density at radius 3 is 2.50 bits per heavy atom. The van der Waals surface area contributed by atoms with Gasteiger partial charge in [-0.1, -0.05) is 36.4 Å². The molecule has 1 aliphatic rings. The molecule has 2 aromatic rings. The van der Waals surface area contributed by atoms with E-state index >= 15 is 0 Å². The molecule has 0 spiro atoms. The van der Waals surface area contributed by atoms with Gasteiger partial charge < -0.3 is 15.2 Å². The third-order valence-corrected chi connectivity index (χ3v) is 4.73. The van der Waals surface area contributed by atoms with Crippen LogP contribution in [0.25, 0.3) is 0 Å². The second-order valence-corrected chi connectivity index (χ2v) is 8.00. The number of aliphatic hydroxyl groups excluding tert-OH is 1. The normalized spacial score (nSPS) is 18.7. The molecule has 6 nitrogen and oxygen atoms in total. The van der Waals surface area contributed by atoms with Gasteiger partial charge in [-0.2, -0.15) is 0 Å². The van der Waals surface area contributed by atoms with E-state index in [4.69, 9.17) is 4.74 Å². The Morgan fingerprint density at radius 2 is 1.89 bits per heavy atom. The van der Waals surface area contributed by atoms with Crippen LogP contribution in [0.5, 0.6) is 5.75 Å². The van der Waals surface area contributed by atoms with E-state index in [0.29, 0.717) is 24.0 Å². The maximum atomic E-state index is 11.8. The average molecular weight is 407 g/mol. The van der Waals surface area contributed by atoms with Crippen LogP contribution in [-0.2, 0) is 13.0 Å². The van der Waals surface area contributed by atoms with Crippen molar-refractivity contribution in [1.82, 2.24) is 5.32 Å². The Labute approximate surface area is 171 Å². The van der Waals surface area contributed by atoms with E-state index in [9.17, 15) is 15.2 Å². The number of fused-ring (bicyclic) bond motifs is 1. The predicted molar refractivity (Wildman–Crippen MR) is 111 cm³/mol. The number of hydrogen-bond acceptors (Lipinski definition) is 5. The maximum absolute atomic E-state index is 11.8. The number of benzene rings is 2. The van der Waals surface area contributed by atoms with E-state index in [0.717, 1.165) is 5.56 Å². The second kappa shape index (κ2) is 8.90. The first-order valence-corrected chi connectivity index (χ1v) is 9.19. The maximum Gasteiger partial charge on any atom is 0.314 e. The first-order valence-electron chi connectivity index (χ1n) is 9.19. The van der Waals surface area contributed by atoms with Gasteiger partial charge in [0.05, 0.1) is 11.0 Å². The summed E-state index contributed by atoms with van der Waals surface area (Å²) >= 11 is 0. The minimum Gasteiger partial charge on any atom is -0.482 e. The molecule has 0 bridgehead atoms. The number of nitro groups is 1. The summed E-state index contributed by atoms with van der Waals surface area (Å²) in [5.41, 5.74) is 1.95. The van der Waals surface area contributed by atoms with E-state index in [1.807, 2.05) is 51.1 Å². The standard InChI is InChI=1S/C21H26N2O4.ClH/c1-21(2,3)22-17-11-9-15-16(20(17)24)10-12-18(19(15)23(25)26)27-13-14-7-5-4-6-8-14;/h4-8,10,12,17,20,22,24H,9,11,13H2,1-3H3;1H. The number of nitrogens with zero attached hydrogens (tertiary/aromatic N) is 1. The summed E-state index contributed by atoms with van der Waals surface area (Å²) in [6.07, 6.45) is 0.378. The van der Waals surface area contributed by atoms with Crippen molar-refractivity contribution in [3.8, 4) is 5.75 Å². The lowest BCUT2D eigenvalue weighted by Gasteiger charge is -2.35. The molecule has 1 aliphatic carbocycles. The minimum absolute atomic E-state index is 0. The van der Waals surface area contributed by atoms with Gasteiger partial charge in [-0.25, -0.2) is 0 Å². The monoisotopic (exact) mass is 406 g/mol. The SMILES string of the molecule is CC(C)(C)NC1CCc2c(ccc(OCc3ccccc3)c2[N+](=O)[O-])C1O.Cl. The summed E-state index contributed by atoms with van der Waals surface area (Å²) in [5, 5.41) is 25.9. The van der Waals surface area contributed by atoms with Crippen LogP contribution < -0.4 is 10.1 Å². The van der Waals surface area contributed by atoms with Crippen molar-refractivity contribution in [3.05, 3.63) is 69.3 Å². The molecule has 0 aliphatic heterocycles. The molecule has 0 saturated heterocycles. The quantitative estimate of drug-likeness (QED) is 0.570. The van der Waals surface area contributed by atoms with Crippen LogP contribution in [-0.4, -0.2) is 21.6 Å². The fraction of sp³-hybridized carbons (Fsp3) is 0.429. The van der Waals surface area contributed by atoms with Crippen LogP contribution in [0.4, 0.5) is 5.69 Å². The van der Waals surface area contributed by atoms with E-state index in [2.05, 4.69) is 5.32 Å². The first-order chi connectivity index (χ1) is 12.8. The molecule has 0 saturated carbocycles. The summed E-state index contributed by atoms with van der Waals surface area (Å²) in [6.45, 7) is 6.38. The van der Waals surface area contributed by atoms with Gasteiger partial charge in [-0.05, 0) is 50.8 Å². The Hall–Kier alpha value is -2.15. The molecule has 0 fully saturated rings. The zero-order valence-corrected chi connectivity index (χ0v) is 17.2. The molecule has 0 amide bonds. The second-order valence-electron chi connectivity index (χ2n) is 8.00. The summed E-state index contributed by atoms with van der Waals surface area (Å²) < 4.78 is 5.75. The molecule has 2 unspecified atom stereocenters. The molecular formula is C21H27ClN2O4. The third kappa shape index (κ3) is 5.01. The van der Waals surface area contributed by atoms with Gasteiger partial charge >= 0.3 is 5.69 Å². The smallest absolute Gasteiger partial charge is 0.314 e. The van der Waals surface area contributed by atoms with Gasteiger partial charge in [0.25, 0.3) is 0 Å². The fourth-order valence-corrected chi connectivity index (χ4v) is 3.60. The van der Waals surface area contributed by atoms with Crippen molar-refractivity contribution in [3.63, 3.8) is 0 Å². The van der Waals surface area contributed by atoms with Crippen molar-refractivity contribution in [1.29, 1.82) is 0 Å². The van der Waals surface area contributed by atoms with E-state index in [-0.39, 0.29) is 42.0 Å². The lowest BCUT2D eigenvalue weighted by molar-refractivity contribution is -0.386. The van der Waals surface area contributed by atoms with Crippen LogP contribution in [0.3, 0.4) is 0 Å². The molecule has 28 heavy (non-hydrogen) atoms. The van der Waals surface area contributed by atoms with Gasteiger partial charge in [-0.3, -0.25) is 10.1 Å². The summed E-state index contributed by atoms with van der Waals surface area (Å²) in [5.74, 6) is 0.247.